The number of unbranched alkanes of at least 4 members (excludes halogenated alkanes) is 7. The first-order chi connectivity index (χ1) is 10.4. The molecule has 3 heteroatoms. The first-order valence-electron chi connectivity index (χ1n) is 8.53. The maximum Gasteiger partial charge on any atom is 0.0428 e. The van der Waals surface area contributed by atoms with Gasteiger partial charge in [0.15, 0.2) is 0 Å². The van der Waals surface area contributed by atoms with Crippen LogP contribution in [0.3, 0.4) is 0 Å². The molecule has 0 amide bonds. The maximum atomic E-state index is 3.52. The number of hydrogen-bond donors (Lipinski definition) is 2. The van der Waals surface area contributed by atoms with E-state index in [0.29, 0.717) is 0 Å². The molecule has 0 bridgehead atoms. The normalized spacial score (nSPS) is 10.9. The highest BCUT2D eigenvalue weighted by molar-refractivity contribution is 6.08. The molecule has 0 unspecified atom stereocenters. The zero-order chi connectivity index (χ0) is 15.0. The van der Waals surface area contributed by atoms with E-state index in [-0.39, 0.29) is 0 Å². The second kappa shape index (κ2) is 14.3. The molecule has 1 aromatic rings. The number of benzene rings is 1. The lowest BCUT2D eigenvalue weighted by Crippen LogP contribution is -2.16. The van der Waals surface area contributed by atoms with E-state index in [0.717, 1.165) is 25.8 Å². The van der Waals surface area contributed by atoms with Crippen LogP contribution >= 0.6 is 0 Å². The highest BCUT2D eigenvalue weighted by Crippen LogP contribution is 2.08. The standard InChI is InChI=1S/C18H31N2Si/c21-17-20-15-11-6-4-2-1-3-5-10-14-19-16-18-12-8-7-9-13-18/h7-9,12-13,19-20H,1-6,10-11,14-17H2. The molecule has 2 N–H and O–H groups in total. The van der Waals surface area contributed by atoms with E-state index in [2.05, 4.69) is 51.2 Å². The smallest absolute Gasteiger partial charge is 0.0428 e. The molecule has 0 atom stereocenters. The fourth-order valence-corrected chi connectivity index (χ4v) is 2.65. The summed E-state index contributed by atoms with van der Waals surface area (Å²) in [4.78, 5) is 0. The Labute approximate surface area is 134 Å². The van der Waals surface area contributed by atoms with Crippen LogP contribution in [-0.4, -0.2) is 29.5 Å². The van der Waals surface area contributed by atoms with Crippen LogP contribution in [0.5, 0.6) is 0 Å². The summed E-state index contributed by atoms with van der Waals surface area (Å²) in [6, 6.07) is 10.6. The van der Waals surface area contributed by atoms with E-state index in [4.69, 9.17) is 0 Å². The molecule has 0 heterocycles. The Hall–Kier alpha value is -0.643. The fourth-order valence-electron chi connectivity index (χ4n) is 2.48. The predicted octanol–water partition coefficient (Wildman–Crippen LogP) is 3.61. The van der Waals surface area contributed by atoms with Crippen molar-refractivity contribution in [2.45, 2.75) is 57.9 Å². The van der Waals surface area contributed by atoms with Gasteiger partial charge in [-0.25, -0.2) is 0 Å². The van der Waals surface area contributed by atoms with Gasteiger partial charge in [0.2, 0.25) is 0 Å². The number of hydrogen-bond acceptors (Lipinski definition) is 2. The van der Waals surface area contributed by atoms with E-state index < -0.39 is 0 Å². The minimum atomic E-state index is 0.915. The van der Waals surface area contributed by atoms with Gasteiger partial charge in [0.05, 0.1) is 0 Å². The Balaban J connectivity index is 1.75. The lowest BCUT2D eigenvalue weighted by atomic mass is 10.1. The number of nitrogens with one attached hydrogen (secondary N) is 2. The van der Waals surface area contributed by atoms with Gasteiger partial charge in [-0.2, -0.15) is 0 Å². The monoisotopic (exact) mass is 303 g/mol. The van der Waals surface area contributed by atoms with Gasteiger partial charge in [-0.15, -0.1) is 0 Å². The molecule has 0 aliphatic heterocycles. The highest BCUT2D eigenvalue weighted by Gasteiger charge is 1.94. The third kappa shape index (κ3) is 11.7. The predicted molar refractivity (Wildman–Crippen MR) is 93.7 cm³/mol. The summed E-state index contributed by atoms with van der Waals surface area (Å²) in [6.07, 6.45) is 11.9. The lowest BCUT2D eigenvalue weighted by Gasteiger charge is -2.05. The average Bonchev–Trinajstić information content (AvgIpc) is 2.53. The zero-order valence-corrected chi connectivity index (χ0v) is 14.4. The van der Waals surface area contributed by atoms with E-state index >= 15 is 0 Å². The van der Waals surface area contributed by atoms with Crippen LogP contribution < -0.4 is 10.6 Å². The van der Waals surface area contributed by atoms with E-state index in [1.807, 2.05) is 0 Å². The van der Waals surface area contributed by atoms with E-state index in [1.54, 1.807) is 0 Å². The Morgan fingerprint density at radius 1 is 0.667 bits per heavy atom. The van der Waals surface area contributed by atoms with Crippen molar-refractivity contribution in [1.29, 1.82) is 0 Å². The summed E-state index contributed by atoms with van der Waals surface area (Å²) in [5.41, 5.74) is 1.38. The molecule has 1 aromatic carbocycles. The van der Waals surface area contributed by atoms with E-state index in [1.165, 1.54) is 56.9 Å². The fraction of sp³-hybridized carbons (Fsp3) is 0.667. The minimum absolute atomic E-state index is 0.915. The van der Waals surface area contributed by atoms with Crippen molar-refractivity contribution in [3.05, 3.63) is 35.9 Å². The van der Waals surface area contributed by atoms with Crippen LogP contribution in [0.25, 0.3) is 0 Å². The first kappa shape index (κ1) is 18.4. The molecular formula is C18H31N2Si. The molecule has 0 saturated carbocycles. The second-order valence-corrected chi connectivity index (χ2v) is 6.02. The second-order valence-electron chi connectivity index (χ2n) is 5.67. The first-order valence-corrected chi connectivity index (χ1v) is 9.24. The van der Waals surface area contributed by atoms with Crippen LogP contribution in [0.2, 0.25) is 0 Å². The molecule has 0 aromatic heterocycles. The Bertz CT molecular complexity index is 316. The van der Waals surface area contributed by atoms with E-state index in [9.17, 15) is 0 Å². The molecule has 0 aliphatic carbocycles. The van der Waals surface area contributed by atoms with Crippen molar-refractivity contribution < 1.29 is 0 Å². The number of rotatable bonds is 14. The SMILES string of the molecule is [Si]CNCCCCCCCCCCNCc1ccccc1. The van der Waals surface area contributed by atoms with Crippen molar-refractivity contribution in [1.82, 2.24) is 10.6 Å². The molecule has 0 saturated heterocycles. The van der Waals surface area contributed by atoms with Gasteiger partial charge in [0.25, 0.3) is 0 Å². The van der Waals surface area contributed by atoms with Crippen molar-refractivity contribution in [3.8, 4) is 0 Å². The van der Waals surface area contributed by atoms with Gasteiger partial charge in [0.1, 0.15) is 0 Å². The quantitative estimate of drug-likeness (QED) is 0.405. The summed E-state index contributed by atoms with van der Waals surface area (Å²) in [7, 11) is 3.42. The van der Waals surface area contributed by atoms with Crippen molar-refractivity contribution in [3.63, 3.8) is 0 Å². The third-order valence-electron chi connectivity index (χ3n) is 3.75. The van der Waals surface area contributed by atoms with Crippen LogP contribution in [0.1, 0.15) is 56.9 Å². The minimum Gasteiger partial charge on any atom is -0.320 e. The van der Waals surface area contributed by atoms with Crippen LogP contribution in [0, 0.1) is 0 Å². The molecule has 2 nitrogen and oxygen atoms in total. The topological polar surface area (TPSA) is 24.1 Å². The van der Waals surface area contributed by atoms with Crippen LogP contribution in [0.4, 0.5) is 0 Å². The summed E-state index contributed by atoms with van der Waals surface area (Å²) in [5.74, 6) is 0. The van der Waals surface area contributed by atoms with Gasteiger partial charge in [-0.3, -0.25) is 0 Å². The molecular weight excluding hydrogens is 272 g/mol. The molecule has 21 heavy (non-hydrogen) atoms. The summed E-state index contributed by atoms with van der Waals surface area (Å²) in [5, 5.41) is 6.82. The van der Waals surface area contributed by atoms with Crippen molar-refractivity contribution >= 4 is 10.2 Å². The summed E-state index contributed by atoms with van der Waals surface area (Å²) < 4.78 is 0. The summed E-state index contributed by atoms with van der Waals surface area (Å²) in [6.45, 7) is 3.30. The molecule has 0 fully saturated rings. The average molecular weight is 304 g/mol. The largest absolute Gasteiger partial charge is 0.320 e. The molecule has 0 spiro atoms. The third-order valence-corrected chi connectivity index (χ3v) is 4.00. The highest BCUT2D eigenvalue weighted by atomic mass is 28.1. The lowest BCUT2D eigenvalue weighted by molar-refractivity contribution is 0.545. The van der Waals surface area contributed by atoms with Gasteiger partial charge in [-0.1, -0.05) is 68.9 Å². The van der Waals surface area contributed by atoms with Gasteiger partial charge in [-0.05, 0) is 37.7 Å². The molecule has 3 radical (unpaired) electrons. The Kier molecular flexibility index (Phi) is 12.5. The summed E-state index contributed by atoms with van der Waals surface area (Å²) >= 11 is 0. The van der Waals surface area contributed by atoms with Crippen LogP contribution in [0.15, 0.2) is 30.3 Å². The zero-order valence-electron chi connectivity index (χ0n) is 13.4. The van der Waals surface area contributed by atoms with Crippen LogP contribution in [-0.2, 0) is 6.54 Å². The van der Waals surface area contributed by atoms with Gasteiger partial charge < -0.3 is 10.6 Å². The molecule has 117 valence electrons. The van der Waals surface area contributed by atoms with Crippen molar-refractivity contribution in [2.24, 2.45) is 0 Å². The Morgan fingerprint density at radius 3 is 1.76 bits per heavy atom. The van der Waals surface area contributed by atoms with Gasteiger partial charge >= 0.3 is 0 Å². The van der Waals surface area contributed by atoms with Crippen molar-refractivity contribution in [2.75, 3.05) is 19.3 Å². The maximum absolute atomic E-state index is 3.52. The molecule has 0 aliphatic rings. The Morgan fingerprint density at radius 2 is 1.19 bits per heavy atom. The van der Waals surface area contributed by atoms with Gasteiger partial charge in [0, 0.05) is 16.8 Å². The molecule has 1 rings (SSSR count).